The Kier molecular flexibility index (Phi) is 8.49. The minimum absolute atomic E-state index is 0.0111. The van der Waals surface area contributed by atoms with Crippen LogP contribution in [0, 0.1) is 0 Å². The molecule has 0 aromatic heterocycles. The Morgan fingerprint density at radius 3 is 2.36 bits per heavy atom. The lowest BCUT2D eigenvalue weighted by atomic mass is 10.1. The van der Waals surface area contributed by atoms with Crippen LogP contribution in [0.3, 0.4) is 0 Å². The van der Waals surface area contributed by atoms with Crippen LogP contribution in [0.15, 0.2) is 54.6 Å². The predicted octanol–water partition coefficient (Wildman–Crippen LogP) is 2.15. The van der Waals surface area contributed by atoms with Crippen molar-refractivity contribution in [1.82, 2.24) is 10.2 Å². The number of rotatable bonds is 10. The Morgan fingerprint density at radius 1 is 1.07 bits per heavy atom. The molecule has 6 nitrogen and oxygen atoms in total. The molecule has 0 aliphatic rings. The van der Waals surface area contributed by atoms with Gasteiger partial charge in [0.2, 0.25) is 11.8 Å². The van der Waals surface area contributed by atoms with E-state index in [-0.39, 0.29) is 24.8 Å². The number of nitrogens with one attached hydrogen (secondary N) is 1. The molecule has 0 saturated carbocycles. The summed E-state index contributed by atoms with van der Waals surface area (Å²) in [6.07, 6.45) is 0.708. The van der Waals surface area contributed by atoms with E-state index in [1.165, 1.54) is 0 Å². The molecule has 2 aromatic rings. The monoisotopic (exact) mass is 384 g/mol. The van der Waals surface area contributed by atoms with Crippen LogP contribution < -0.4 is 10.1 Å². The summed E-state index contributed by atoms with van der Waals surface area (Å²) >= 11 is 0. The zero-order valence-corrected chi connectivity index (χ0v) is 16.4. The third-order valence-corrected chi connectivity index (χ3v) is 4.51. The Labute approximate surface area is 166 Å². The fourth-order valence-electron chi connectivity index (χ4n) is 2.82. The van der Waals surface area contributed by atoms with E-state index in [1.54, 1.807) is 18.9 Å². The Balaban J connectivity index is 2.15. The number of hydrogen-bond acceptors (Lipinski definition) is 4. The number of carbonyl (C=O) groups is 2. The van der Waals surface area contributed by atoms with E-state index in [2.05, 4.69) is 5.32 Å². The van der Waals surface area contributed by atoms with Crippen molar-refractivity contribution in [3.63, 3.8) is 0 Å². The van der Waals surface area contributed by atoms with Crippen LogP contribution in [0.4, 0.5) is 0 Å². The number of methoxy groups -OCH3 is 1. The summed E-state index contributed by atoms with van der Waals surface area (Å²) in [6.45, 7) is 2.44. The van der Waals surface area contributed by atoms with Crippen molar-refractivity contribution in [1.29, 1.82) is 0 Å². The normalized spacial score (nSPS) is 11.5. The van der Waals surface area contributed by atoms with Gasteiger partial charge in [-0.15, -0.1) is 0 Å². The van der Waals surface area contributed by atoms with E-state index in [0.29, 0.717) is 19.5 Å². The topological polar surface area (TPSA) is 78.9 Å². The van der Waals surface area contributed by atoms with Crippen LogP contribution in [-0.2, 0) is 22.6 Å². The fraction of sp³-hybridized carbons (Fsp3) is 0.364. The average molecular weight is 384 g/mol. The number of nitrogens with zero attached hydrogens (tertiary/aromatic N) is 1. The summed E-state index contributed by atoms with van der Waals surface area (Å²) in [4.78, 5) is 27.1. The van der Waals surface area contributed by atoms with Gasteiger partial charge in [0.25, 0.3) is 0 Å². The zero-order valence-electron chi connectivity index (χ0n) is 16.4. The smallest absolute Gasteiger partial charge is 0.242 e. The zero-order chi connectivity index (χ0) is 20.4. The van der Waals surface area contributed by atoms with Crippen molar-refractivity contribution in [2.24, 2.45) is 0 Å². The first-order chi connectivity index (χ1) is 13.5. The molecule has 0 radical (unpaired) electrons. The highest BCUT2D eigenvalue weighted by molar-refractivity contribution is 5.88. The maximum atomic E-state index is 13.0. The fourth-order valence-corrected chi connectivity index (χ4v) is 2.82. The largest absolute Gasteiger partial charge is 0.497 e. The molecule has 2 aromatic carbocycles. The highest BCUT2D eigenvalue weighted by Gasteiger charge is 2.26. The molecular formula is C22H28N2O4. The molecule has 0 saturated heterocycles. The molecular weight excluding hydrogens is 356 g/mol. The van der Waals surface area contributed by atoms with Crippen LogP contribution in [0.2, 0.25) is 0 Å². The molecule has 1 atom stereocenters. The first-order valence-electron chi connectivity index (χ1n) is 9.40. The van der Waals surface area contributed by atoms with Gasteiger partial charge in [0, 0.05) is 19.7 Å². The summed E-state index contributed by atoms with van der Waals surface area (Å²) in [5.74, 6) is 0.385. The molecule has 28 heavy (non-hydrogen) atoms. The molecule has 2 amide bonds. The maximum absolute atomic E-state index is 13.0. The molecule has 0 aliphatic heterocycles. The minimum Gasteiger partial charge on any atom is -0.497 e. The van der Waals surface area contributed by atoms with Crippen LogP contribution in [0.5, 0.6) is 5.75 Å². The lowest BCUT2D eigenvalue weighted by Crippen LogP contribution is -2.48. The van der Waals surface area contributed by atoms with Crippen molar-refractivity contribution in [2.45, 2.75) is 32.4 Å². The Hall–Kier alpha value is -2.86. The Bertz CT molecular complexity index is 747. The van der Waals surface area contributed by atoms with Gasteiger partial charge in [-0.25, -0.2) is 0 Å². The molecule has 0 bridgehead atoms. The number of amides is 2. The van der Waals surface area contributed by atoms with Gasteiger partial charge < -0.3 is 20.1 Å². The highest BCUT2D eigenvalue weighted by atomic mass is 16.5. The van der Waals surface area contributed by atoms with Gasteiger partial charge in [-0.05, 0) is 36.6 Å². The van der Waals surface area contributed by atoms with Crippen LogP contribution in [-0.4, -0.2) is 48.1 Å². The number of carbonyl (C=O) groups excluding carboxylic acids is 2. The van der Waals surface area contributed by atoms with Crippen molar-refractivity contribution in [2.75, 3.05) is 20.3 Å². The molecule has 6 heteroatoms. The number of benzene rings is 2. The van der Waals surface area contributed by atoms with E-state index in [0.717, 1.165) is 16.9 Å². The molecule has 150 valence electrons. The van der Waals surface area contributed by atoms with Crippen LogP contribution in [0.25, 0.3) is 0 Å². The van der Waals surface area contributed by atoms with E-state index in [4.69, 9.17) is 9.84 Å². The summed E-state index contributed by atoms with van der Waals surface area (Å²) in [7, 11) is 1.60. The highest BCUT2D eigenvalue weighted by Crippen LogP contribution is 2.16. The number of aliphatic hydroxyl groups excluding tert-OH is 1. The third kappa shape index (κ3) is 6.39. The van der Waals surface area contributed by atoms with E-state index in [1.807, 2.05) is 54.6 Å². The van der Waals surface area contributed by atoms with Crippen LogP contribution in [0.1, 0.15) is 24.5 Å². The molecule has 2 N–H and O–H groups in total. The second-order valence-corrected chi connectivity index (χ2v) is 6.58. The number of aliphatic hydroxyl groups is 1. The molecule has 0 heterocycles. The van der Waals surface area contributed by atoms with Crippen LogP contribution >= 0.6 is 0 Å². The maximum Gasteiger partial charge on any atom is 0.242 e. The van der Waals surface area contributed by atoms with Gasteiger partial charge in [0.15, 0.2) is 0 Å². The van der Waals surface area contributed by atoms with Gasteiger partial charge in [-0.3, -0.25) is 9.59 Å². The second-order valence-electron chi connectivity index (χ2n) is 6.58. The van der Waals surface area contributed by atoms with Gasteiger partial charge in [0.05, 0.1) is 13.5 Å². The van der Waals surface area contributed by atoms with E-state index >= 15 is 0 Å². The van der Waals surface area contributed by atoms with Crippen molar-refractivity contribution < 1.29 is 19.4 Å². The van der Waals surface area contributed by atoms with Crippen molar-refractivity contribution >= 4 is 11.8 Å². The molecule has 2 rings (SSSR count). The number of ether oxygens (including phenoxy) is 1. The predicted molar refractivity (Wildman–Crippen MR) is 108 cm³/mol. The lowest BCUT2D eigenvalue weighted by molar-refractivity contribution is -0.140. The standard InChI is InChI=1S/C22H28N2O4/c1-17(22(27)23-13-6-14-25)24(16-19-9-11-20(28-2)12-10-19)21(26)15-18-7-4-3-5-8-18/h3-5,7-12,17,25H,6,13-16H2,1-2H3,(H,23,27). The number of hydrogen-bond donors (Lipinski definition) is 2. The third-order valence-electron chi connectivity index (χ3n) is 4.51. The van der Waals surface area contributed by atoms with E-state index < -0.39 is 6.04 Å². The quantitative estimate of drug-likeness (QED) is 0.615. The minimum atomic E-state index is -0.628. The van der Waals surface area contributed by atoms with Gasteiger partial charge in [-0.2, -0.15) is 0 Å². The first-order valence-corrected chi connectivity index (χ1v) is 9.40. The second kappa shape index (κ2) is 11.1. The van der Waals surface area contributed by atoms with Gasteiger partial charge in [-0.1, -0.05) is 42.5 Å². The molecule has 0 spiro atoms. The van der Waals surface area contributed by atoms with Gasteiger partial charge >= 0.3 is 0 Å². The lowest BCUT2D eigenvalue weighted by Gasteiger charge is -2.29. The first kappa shape index (κ1) is 21.4. The average Bonchev–Trinajstić information content (AvgIpc) is 2.72. The summed E-state index contributed by atoms with van der Waals surface area (Å²) < 4.78 is 5.18. The molecule has 1 unspecified atom stereocenters. The van der Waals surface area contributed by atoms with Crippen molar-refractivity contribution in [3.05, 3.63) is 65.7 Å². The summed E-state index contributed by atoms with van der Waals surface area (Å²) in [5, 5.41) is 11.7. The van der Waals surface area contributed by atoms with E-state index in [9.17, 15) is 9.59 Å². The van der Waals surface area contributed by atoms with Crippen molar-refractivity contribution in [3.8, 4) is 5.75 Å². The molecule has 0 fully saturated rings. The molecule has 0 aliphatic carbocycles. The van der Waals surface area contributed by atoms with Gasteiger partial charge in [0.1, 0.15) is 11.8 Å². The summed E-state index contributed by atoms with van der Waals surface area (Å²) in [5.41, 5.74) is 1.82. The SMILES string of the molecule is COc1ccc(CN(C(=O)Cc2ccccc2)C(C)C(=O)NCCCO)cc1. The summed E-state index contributed by atoms with van der Waals surface area (Å²) in [6, 6.07) is 16.3. The Morgan fingerprint density at radius 2 is 1.75 bits per heavy atom.